The van der Waals surface area contributed by atoms with Crippen LogP contribution in [-0.2, 0) is 19.1 Å². The highest BCUT2D eigenvalue weighted by Gasteiger charge is 2.47. The topological polar surface area (TPSA) is 99.3 Å². The van der Waals surface area contributed by atoms with E-state index in [4.69, 9.17) is 4.74 Å². The minimum atomic E-state index is -0.856. The number of nitrogens with zero attached hydrogens (tertiary/aromatic N) is 3. The summed E-state index contributed by atoms with van der Waals surface area (Å²) >= 11 is 0. The normalized spacial score (nSPS) is 20.6. The Bertz CT molecular complexity index is 1300. The van der Waals surface area contributed by atoms with Crippen molar-refractivity contribution in [1.82, 2.24) is 20.0 Å². The largest absolute Gasteiger partial charge is 0.466 e. The van der Waals surface area contributed by atoms with E-state index in [0.29, 0.717) is 49.4 Å². The molecule has 0 saturated carbocycles. The molecule has 3 aliphatic rings. The van der Waals surface area contributed by atoms with Crippen LogP contribution in [0.15, 0.2) is 65.9 Å². The number of likely N-dealkylation sites (N-methyl/N-ethyl adjacent to an activating group) is 1. The fraction of sp³-hybridized carbons (Fsp3) is 0.400. The number of urea groups is 1. The van der Waals surface area contributed by atoms with E-state index in [9.17, 15) is 19.2 Å². The predicted octanol–water partition coefficient (Wildman–Crippen LogP) is 3.33. The maximum atomic E-state index is 14.1. The Morgan fingerprint density at radius 3 is 2.33 bits per heavy atom. The lowest BCUT2D eigenvalue weighted by atomic mass is 9.94. The van der Waals surface area contributed by atoms with Crippen molar-refractivity contribution < 1.29 is 23.9 Å². The Morgan fingerprint density at radius 2 is 1.69 bits per heavy atom. The number of carbonyl (C=O) groups excluding carboxylic acids is 4. The highest BCUT2D eigenvalue weighted by Crippen LogP contribution is 2.40. The van der Waals surface area contributed by atoms with Crippen LogP contribution in [-0.4, -0.2) is 71.8 Å². The van der Waals surface area contributed by atoms with Crippen molar-refractivity contribution in [2.45, 2.75) is 38.8 Å². The van der Waals surface area contributed by atoms with E-state index in [-0.39, 0.29) is 36.3 Å². The van der Waals surface area contributed by atoms with Crippen LogP contribution in [0.5, 0.6) is 0 Å². The average molecular weight is 531 g/mol. The van der Waals surface area contributed by atoms with Gasteiger partial charge in [0.15, 0.2) is 0 Å². The number of ether oxygens (including phenoxy) is 1. The molecule has 1 saturated heterocycles. The number of esters is 1. The highest BCUT2D eigenvalue weighted by molar-refractivity contribution is 6.03. The number of likely N-dealkylation sites (tertiary alicyclic amines) is 1. The molecule has 2 aromatic rings. The zero-order chi connectivity index (χ0) is 27.7. The molecule has 0 aliphatic carbocycles. The van der Waals surface area contributed by atoms with E-state index >= 15 is 0 Å². The van der Waals surface area contributed by atoms with Crippen molar-refractivity contribution in [2.75, 3.05) is 33.3 Å². The quantitative estimate of drug-likeness (QED) is 0.578. The highest BCUT2D eigenvalue weighted by atomic mass is 16.5. The SMILES string of the molecule is CCOC(=O)C1CCN(C(=O)[C@@H](c2ccccc2)N2CC3=C(C2=O)[C@@H](c2ccc(C)cc2)NC(=O)N3C)CC1. The smallest absolute Gasteiger partial charge is 0.322 e. The summed E-state index contributed by atoms with van der Waals surface area (Å²) in [4.78, 5) is 58.1. The Labute approximate surface area is 228 Å². The van der Waals surface area contributed by atoms with Gasteiger partial charge in [-0.15, -0.1) is 0 Å². The number of amides is 4. The lowest BCUT2D eigenvalue weighted by molar-refractivity contribution is -0.152. The van der Waals surface area contributed by atoms with Crippen molar-refractivity contribution in [3.63, 3.8) is 0 Å². The fourth-order valence-electron chi connectivity index (χ4n) is 5.67. The fourth-order valence-corrected chi connectivity index (χ4v) is 5.67. The maximum Gasteiger partial charge on any atom is 0.322 e. The number of benzene rings is 2. The van der Waals surface area contributed by atoms with Gasteiger partial charge in [0.25, 0.3) is 5.91 Å². The molecule has 2 atom stereocenters. The second-order valence-electron chi connectivity index (χ2n) is 10.3. The van der Waals surface area contributed by atoms with Gasteiger partial charge in [-0.25, -0.2) is 4.79 Å². The third-order valence-corrected chi connectivity index (χ3v) is 7.89. The van der Waals surface area contributed by atoms with Crippen LogP contribution in [0.4, 0.5) is 4.79 Å². The molecule has 9 nitrogen and oxygen atoms in total. The van der Waals surface area contributed by atoms with E-state index in [0.717, 1.165) is 11.1 Å². The van der Waals surface area contributed by atoms with Gasteiger partial charge in [0.2, 0.25) is 5.91 Å². The molecule has 204 valence electrons. The van der Waals surface area contributed by atoms with Crippen molar-refractivity contribution in [2.24, 2.45) is 5.92 Å². The van der Waals surface area contributed by atoms with Gasteiger partial charge in [-0.3, -0.25) is 19.3 Å². The Kier molecular flexibility index (Phi) is 7.41. The first-order valence-corrected chi connectivity index (χ1v) is 13.4. The summed E-state index contributed by atoms with van der Waals surface area (Å²) in [6, 6.07) is 15.3. The van der Waals surface area contributed by atoms with Gasteiger partial charge in [-0.1, -0.05) is 60.2 Å². The third kappa shape index (κ3) is 5.01. The molecule has 0 bridgehead atoms. The van der Waals surface area contributed by atoms with Crippen LogP contribution < -0.4 is 5.32 Å². The zero-order valence-corrected chi connectivity index (χ0v) is 22.6. The summed E-state index contributed by atoms with van der Waals surface area (Å²) < 4.78 is 5.18. The van der Waals surface area contributed by atoms with E-state index in [1.165, 1.54) is 4.90 Å². The monoisotopic (exact) mass is 530 g/mol. The van der Waals surface area contributed by atoms with E-state index in [1.807, 2.05) is 61.5 Å². The minimum Gasteiger partial charge on any atom is -0.466 e. The van der Waals surface area contributed by atoms with Gasteiger partial charge in [0.1, 0.15) is 6.04 Å². The molecule has 5 rings (SSSR count). The van der Waals surface area contributed by atoms with Crippen LogP contribution >= 0.6 is 0 Å². The number of hydrogen-bond donors (Lipinski definition) is 1. The first kappa shape index (κ1) is 26.5. The van der Waals surface area contributed by atoms with E-state index < -0.39 is 12.1 Å². The summed E-state index contributed by atoms with van der Waals surface area (Å²) in [5, 5.41) is 2.96. The number of piperidine rings is 1. The van der Waals surface area contributed by atoms with Gasteiger partial charge in [0.05, 0.1) is 36.4 Å². The van der Waals surface area contributed by atoms with E-state index in [2.05, 4.69) is 5.32 Å². The average Bonchev–Trinajstić information content (AvgIpc) is 3.29. The summed E-state index contributed by atoms with van der Waals surface area (Å²) in [6.45, 7) is 5.06. The molecule has 2 aromatic carbocycles. The molecule has 0 aromatic heterocycles. The van der Waals surface area contributed by atoms with Crippen molar-refractivity contribution in [3.05, 3.63) is 82.6 Å². The number of aryl methyl sites for hydroxylation is 1. The second kappa shape index (κ2) is 10.9. The summed E-state index contributed by atoms with van der Waals surface area (Å²) in [6.07, 6.45) is 1.04. The van der Waals surface area contributed by atoms with Crippen LogP contribution in [0.1, 0.15) is 48.5 Å². The number of carbonyl (C=O) groups is 4. The zero-order valence-electron chi connectivity index (χ0n) is 22.6. The maximum absolute atomic E-state index is 14.1. The van der Waals surface area contributed by atoms with Gasteiger partial charge in [-0.2, -0.15) is 0 Å². The molecule has 0 unspecified atom stereocenters. The van der Waals surface area contributed by atoms with Crippen molar-refractivity contribution in [1.29, 1.82) is 0 Å². The standard InChI is InChI=1S/C30H34N4O5/c1-4-39-29(37)22-14-16-33(17-15-22)28(36)26(21-8-6-5-7-9-21)34-18-23-24(27(34)35)25(31-30(38)32(23)3)20-12-10-19(2)11-13-20/h5-13,22,25-26H,4,14-18H2,1-3H3,(H,31,38)/t25-,26-/m1/s1. The van der Waals surface area contributed by atoms with Crippen LogP contribution in [0, 0.1) is 12.8 Å². The predicted molar refractivity (Wildman–Crippen MR) is 144 cm³/mol. The number of rotatable bonds is 6. The first-order valence-electron chi connectivity index (χ1n) is 13.4. The summed E-state index contributed by atoms with van der Waals surface area (Å²) in [5.41, 5.74) is 3.68. The molecular formula is C30H34N4O5. The second-order valence-corrected chi connectivity index (χ2v) is 10.3. The van der Waals surface area contributed by atoms with Crippen molar-refractivity contribution >= 4 is 23.8 Å². The summed E-state index contributed by atoms with van der Waals surface area (Å²) in [5.74, 6) is -0.915. The number of nitrogens with one attached hydrogen (secondary N) is 1. The van der Waals surface area contributed by atoms with Gasteiger partial charge >= 0.3 is 12.0 Å². The Balaban J connectivity index is 1.44. The lowest BCUT2D eigenvalue weighted by Crippen LogP contribution is -2.48. The number of hydrogen-bond acceptors (Lipinski definition) is 5. The van der Waals surface area contributed by atoms with Crippen molar-refractivity contribution in [3.8, 4) is 0 Å². The molecule has 0 radical (unpaired) electrons. The molecular weight excluding hydrogens is 496 g/mol. The molecule has 0 spiro atoms. The lowest BCUT2D eigenvalue weighted by Gasteiger charge is -2.36. The molecule has 39 heavy (non-hydrogen) atoms. The minimum absolute atomic E-state index is 0.144. The van der Waals surface area contributed by atoms with Crippen LogP contribution in [0.25, 0.3) is 0 Å². The van der Waals surface area contributed by atoms with E-state index in [1.54, 1.807) is 23.8 Å². The Morgan fingerprint density at radius 1 is 1.03 bits per heavy atom. The Hall–Kier alpha value is -4.14. The first-order chi connectivity index (χ1) is 18.8. The molecule has 3 aliphatic heterocycles. The molecule has 3 heterocycles. The van der Waals surface area contributed by atoms with Crippen LogP contribution in [0.3, 0.4) is 0 Å². The third-order valence-electron chi connectivity index (χ3n) is 7.89. The molecule has 9 heteroatoms. The van der Waals surface area contributed by atoms with Gasteiger partial charge < -0.3 is 19.9 Å². The van der Waals surface area contributed by atoms with Crippen LogP contribution in [0.2, 0.25) is 0 Å². The molecule has 1 N–H and O–H groups in total. The molecule has 1 fully saturated rings. The van der Waals surface area contributed by atoms with Gasteiger partial charge in [-0.05, 0) is 37.8 Å². The summed E-state index contributed by atoms with van der Waals surface area (Å²) in [7, 11) is 1.65. The van der Waals surface area contributed by atoms with Gasteiger partial charge in [0, 0.05) is 20.1 Å². The molecule has 4 amide bonds.